The predicted octanol–water partition coefficient (Wildman–Crippen LogP) is 1.16. The zero-order chi connectivity index (χ0) is 9.84. The van der Waals surface area contributed by atoms with Gasteiger partial charge >= 0.3 is 0 Å². The van der Waals surface area contributed by atoms with Gasteiger partial charge in [0.05, 0.1) is 6.10 Å². The fourth-order valence-electron chi connectivity index (χ4n) is 1.49. The number of aliphatic hydroxyl groups is 1. The quantitative estimate of drug-likeness (QED) is 0.714. The van der Waals surface area contributed by atoms with E-state index >= 15 is 0 Å². The van der Waals surface area contributed by atoms with Gasteiger partial charge in [0, 0.05) is 19.5 Å². The van der Waals surface area contributed by atoms with Crippen molar-refractivity contribution in [2.75, 3.05) is 7.05 Å². The molecule has 0 aromatic heterocycles. The van der Waals surface area contributed by atoms with Crippen molar-refractivity contribution in [3.63, 3.8) is 0 Å². The van der Waals surface area contributed by atoms with Crippen LogP contribution in [-0.4, -0.2) is 35.1 Å². The van der Waals surface area contributed by atoms with Crippen LogP contribution < -0.4 is 0 Å². The molecular weight excluding hydrogens is 166 g/mol. The first kappa shape index (κ1) is 10.5. The third kappa shape index (κ3) is 2.99. The highest BCUT2D eigenvalue weighted by atomic mass is 16.3. The van der Waals surface area contributed by atoms with Crippen LogP contribution in [0.1, 0.15) is 39.0 Å². The molecule has 3 nitrogen and oxygen atoms in total. The van der Waals surface area contributed by atoms with Crippen molar-refractivity contribution in [3.05, 3.63) is 0 Å². The van der Waals surface area contributed by atoms with E-state index in [-0.39, 0.29) is 12.0 Å². The van der Waals surface area contributed by atoms with E-state index in [0.717, 1.165) is 12.8 Å². The van der Waals surface area contributed by atoms with Crippen molar-refractivity contribution in [1.82, 2.24) is 4.90 Å². The number of hydrogen-bond donors (Lipinski definition) is 1. The van der Waals surface area contributed by atoms with Crippen LogP contribution in [-0.2, 0) is 4.79 Å². The van der Waals surface area contributed by atoms with Crippen molar-refractivity contribution >= 4 is 5.91 Å². The van der Waals surface area contributed by atoms with E-state index < -0.39 is 0 Å². The zero-order valence-corrected chi connectivity index (χ0v) is 8.49. The Balaban J connectivity index is 2.21. The maximum absolute atomic E-state index is 11.5. The molecule has 1 aliphatic carbocycles. The highest BCUT2D eigenvalue weighted by Crippen LogP contribution is 2.24. The molecule has 76 valence electrons. The predicted molar refractivity (Wildman–Crippen MR) is 51.3 cm³/mol. The van der Waals surface area contributed by atoms with Gasteiger partial charge in [-0.1, -0.05) is 0 Å². The molecule has 13 heavy (non-hydrogen) atoms. The molecule has 1 aliphatic rings. The average molecular weight is 185 g/mol. The van der Waals surface area contributed by atoms with E-state index in [0.29, 0.717) is 18.9 Å². The molecule has 1 saturated carbocycles. The summed E-state index contributed by atoms with van der Waals surface area (Å²) in [7, 11) is 1.87. The van der Waals surface area contributed by atoms with Gasteiger partial charge in [0.2, 0.25) is 5.91 Å². The number of carbonyl (C=O) groups is 1. The van der Waals surface area contributed by atoms with Gasteiger partial charge < -0.3 is 10.0 Å². The molecule has 1 amide bonds. The Morgan fingerprint density at radius 2 is 2.23 bits per heavy atom. The molecule has 0 aromatic rings. The molecule has 1 rings (SSSR count). The number of carbonyl (C=O) groups excluding carboxylic acids is 1. The minimum Gasteiger partial charge on any atom is -0.393 e. The number of nitrogens with zero attached hydrogens (tertiary/aromatic N) is 1. The molecule has 3 heteroatoms. The number of rotatable bonds is 4. The second kappa shape index (κ2) is 4.61. The minimum absolute atomic E-state index is 0.172. The summed E-state index contributed by atoms with van der Waals surface area (Å²) in [6, 6.07) is 0.474. The lowest BCUT2D eigenvalue weighted by atomic mass is 9.91. The van der Waals surface area contributed by atoms with Crippen molar-refractivity contribution < 1.29 is 9.90 Å². The van der Waals surface area contributed by atoms with Crippen LogP contribution in [0, 0.1) is 0 Å². The molecule has 0 saturated heterocycles. The van der Waals surface area contributed by atoms with E-state index in [4.69, 9.17) is 5.11 Å². The smallest absolute Gasteiger partial charge is 0.222 e. The van der Waals surface area contributed by atoms with Crippen LogP contribution in [0.4, 0.5) is 0 Å². The lowest BCUT2D eigenvalue weighted by Crippen LogP contribution is -2.41. The third-order valence-corrected chi connectivity index (χ3v) is 2.79. The highest BCUT2D eigenvalue weighted by molar-refractivity contribution is 5.76. The molecule has 0 heterocycles. The average Bonchev–Trinajstić information content (AvgIpc) is 1.96. The molecule has 0 bridgehead atoms. The minimum atomic E-state index is -0.362. The molecule has 1 fully saturated rings. The van der Waals surface area contributed by atoms with Gasteiger partial charge in [0.25, 0.3) is 0 Å². The molecule has 1 unspecified atom stereocenters. The maximum Gasteiger partial charge on any atom is 0.222 e. The standard InChI is InChI=1S/C10H19NO2/c1-8(12)6-7-10(13)11(2)9-4-3-5-9/h8-9,12H,3-7H2,1-2H3. The van der Waals surface area contributed by atoms with E-state index in [1.54, 1.807) is 6.92 Å². The van der Waals surface area contributed by atoms with E-state index in [1.165, 1.54) is 6.42 Å². The van der Waals surface area contributed by atoms with Gasteiger partial charge in [-0.3, -0.25) is 4.79 Å². The first-order valence-electron chi connectivity index (χ1n) is 5.05. The van der Waals surface area contributed by atoms with Crippen LogP contribution in [0.5, 0.6) is 0 Å². The molecule has 0 aliphatic heterocycles. The summed E-state index contributed by atoms with van der Waals surface area (Å²) in [5.74, 6) is 0.172. The second-order valence-corrected chi connectivity index (χ2v) is 3.98. The van der Waals surface area contributed by atoms with Gasteiger partial charge in [-0.25, -0.2) is 0 Å². The third-order valence-electron chi connectivity index (χ3n) is 2.79. The summed E-state index contributed by atoms with van der Waals surface area (Å²) >= 11 is 0. The van der Waals surface area contributed by atoms with Crippen molar-refractivity contribution in [2.45, 2.75) is 51.2 Å². The monoisotopic (exact) mass is 185 g/mol. The van der Waals surface area contributed by atoms with Crippen molar-refractivity contribution in [3.8, 4) is 0 Å². The maximum atomic E-state index is 11.5. The summed E-state index contributed by atoms with van der Waals surface area (Å²) in [6.07, 6.45) is 4.24. The van der Waals surface area contributed by atoms with Gasteiger partial charge in [0.1, 0.15) is 0 Å². The fourth-order valence-corrected chi connectivity index (χ4v) is 1.49. The van der Waals surface area contributed by atoms with Crippen molar-refractivity contribution in [2.24, 2.45) is 0 Å². The Morgan fingerprint density at radius 1 is 1.62 bits per heavy atom. The number of aliphatic hydroxyl groups excluding tert-OH is 1. The molecular formula is C10H19NO2. The Kier molecular flexibility index (Phi) is 3.72. The van der Waals surface area contributed by atoms with Crippen LogP contribution in [0.3, 0.4) is 0 Å². The number of amides is 1. The van der Waals surface area contributed by atoms with Crippen LogP contribution in [0.15, 0.2) is 0 Å². The van der Waals surface area contributed by atoms with E-state index in [2.05, 4.69) is 0 Å². The molecule has 0 spiro atoms. The Labute approximate surface area is 79.7 Å². The van der Waals surface area contributed by atoms with Gasteiger partial charge in [0.15, 0.2) is 0 Å². The second-order valence-electron chi connectivity index (χ2n) is 3.98. The van der Waals surface area contributed by atoms with Gasteiger partial charge in [-0.05, 0) is 32.6 Å². The topological polar surface area (TPSA) is 40.5 Å². The molecule has 0 radical (unpaired) electrons. The molecule has 0 aromatic carbocycles. The summed E-state index contributed by atoms with van der Waals surface area (Å²) in [5, 5.41) is 9.02. The highest BCUT2D eigenvalue weighted by Gasteiger charge is 2.25. The van der Waals surface area contributed by atoms with Crippen LogP contribution in [0.2, 0.25) is 0 Å². The lowest BCUT2D eigenvalue weighted by Gasteiger charge is -2.34. The van der Waals surface area contributed by atoms with Crippen LogP contribution >= 0.6 is 0 Å². The summed E-state index contributed by atoms with van der Waals surface area (Å²) in [5.41, 5.74) is 0. The first-order chi connectivity index (χ1) is 6.11. The Hall–Kier alpha value is -0.570. The normalized spacial score (nSPS) is 19.3. The summed E-state index contributed by atoms with van der Waals surface area (Å²) in [4.78, 5) is 13.3. The largest absolute Gasteiger partial charge is 0.393 e. The van der Waals surface area contributed by atoms with Gasteiger partial charge in [-0.2, -0.15) is 0 Å². The lowest BCUT2D eigenvalue weighted by molar-refractivity contribution is -0.134. The van der Waals surface area contributed by atoms with E-state index in [1.807, 2.05) is 11.9 Å². The SMILES string of the molecule is CC(O)CCC(=O)N(C)C1CCC1. The fraction of sp³-hybridized carbons (Fsp3) is 0.900. The van der Waals surface area contributed by atoms with E-state index in [9.17, 15) is 4.79 Å². The van der Waals surface area contributed by atoms with Gasteiger partial charge in [-0.15, -0.1) is 0 Å². The molecule has 1 N–H and O–H groups in total. The van der Waals surface area contributed by atoms with Crippen molar-refractivity contribution in [1.29, 1.82) is 0 Å². The first-order valence-corrected chi connectivity index (χ1v) is 5.05. The molecule has 1 atom stereocenters. The summed E-state index contributed by atoms with van der Waals surface area (Å²) < 4.78 is 0. The Morgan fingerprint density at radius 3 is 2.62 bits per heavy atom. The Bertz CT molecular complexity index is 176. The van der Waals surface area contributed by atoms with Crippen LogP contribution in [0.25, 0.3) is 0 Å². The zero-order valence-electron chi connectivity index (χ0n) is 8.49. The number of hydrogen-bond acceptors (Lipinski definition) is 2. The summed E-state index contributed by atoms with van der Waals surface area (Å²) in [6.45, 7) is 1.72.